The number of halogens is 4. The van der Waals surface area contributed by atoms with Crippen LogP contribution in [0, 0.1) is 11.6 Å². The Balaban J connectivity index is 1.79. The van der Waals surface area contributed by atoms with Gasteiger partial charge in [-0.05, 0) is 31.3 Å². The molecule has 9 heteroatoms. The topological polar surface area (TPSA) is 61.4 Å². The Morgan fingerprint density at radius 3 is 2.30 bits per heavy atom. The second kappa shape index (κ2) is 9.64. The smallest absolute Gasteiger partial charge is 0.238 e. The van der Waals surface area contributed by atoms with Gasteiger partial charge in [0.1, 0.15) is 0 Å². The van der Waals surface area contributed by atoms with Crippen molar-refractivity contribution in [3.63, 3.8) is 0 Å². The van der Waals surface area contributed by atoms with E-state index >= 15 is 0 Å². The molecule has 0 fully saturated rings. The molecule has 2 amide bonds. The van der Waals surface area contributed by atoms with Crippen molar-refractivity contribution >= 4 is 46.4 Å². The van der Waals surface area contributed by atoms with Crippen LogP contribution in [0.1, 0.15) is 6.42 Å². The Morgan fingerprint density at radius 2 is 1.67 bits per heavy atom. The van der Waals surface area contributed by atoms with E-state index in [9.17, 15) is 18.4 Å². The highest BCUT2D eigenvalue weighted by Gasteiger charge is 2.13. The first-order valence-corrected chi connectivity index (χ1v) is 8.69. The summed E-state index contributed by atoms with van der Waals surface area (Å²) < 4.78 is 26.0. The van der Waals surface area contributed by atoms with Crippen LogP contribution in [-0.2, 0) is 9.59 Å². The third kappa shape index (κ3) is 6.46. The maximum absolute atomic E-state index is 13.1. The number of hydrogen-bond acceptors (Lipinski definition) is 3. The quantitative estimate of drug-likeness (QED) is 0.713. The molecule has 0 heterocycles. The van der Waals surface area contributed by atoms with Gasteiger partial charge in [0.2, 0.25) is 11.8 Å². The van der Waals surface area contributed by atoms with Gasteiger partial charge in [-0.1, -0.05) is 29.3 Å². The van der Waals surface area contributed by atoms with E-state index in [1.807, 2.05) is 0 Å². The van der Waals surface area contributed by atoms with Crippen molar-refractivity contribution in [3.8, 4) is 0 Å². The van der Waals surface area contributed by atoms with Crippen molar-refractivity contribution in [2.75, 3.05) is 30.8 Å². The molecule has 0 unspecified atom stereocenters. The summed E-state index contributed by atoms with van der Waals surface area (Å²) in [4.78, 5) is 25.6. The van der Waals surface area contributed by atoms with Crippen LogP contribution in [0.2, 0.25) is 10.0 Å². The average Bonchev–Trinajstić information content (AvgIpc) is 2.60. The van der Waals surface area contributed by atoms with Gasteiger partial charge >= 0.3 is 0 Å². The Bertz CT molecular complexity index is 829. The summed E-state index contributed by atoms with van der Waals surface area (Å²) in [6.07, 6.45) is 0.0651. The molecular formula is C18H17Cl2F2N3O2. The lowest BCUT2D eigenvalue weighted by molar-refractivity contribution is -0.119. The van der Waals surface area contributed by atoms with Gasteiger partial charge in [-0.15, -0.1) is 0 Å². The maximum Gasteiger partial charge on any atom is 0.238 e. The second-order valence-electron chi connectivity index (χ2n) is 5.81. The SMILES string of the molecule is CN(CCC(=O)Nc1ccc(F)c(F)c1)CC(=O)Nc1c(Cl)cccc1Cl. The van der Waals surface area contributed by atoms with Gasteiger partial charge in [-0.25, -0.2) is 8.78 Å². The number of nitrogens with one attached hydrogen (secondary N) is 2. The monoisotopic (exact) mass is 415 g/mol. The molecule has 2 aromatic rings. The molecule has 0 aliphatic rings. The van der Waals surface area contributed by atoms with Crippen molar-refractivity contribution in [1.29, 1.82) is 0 Å². The average molecular weight is 416 g/mol. The van der Waals surface area contributed by atoms with Crippen molar-refractivity contribution in [1.82, 2.24) is 4.90 Å². The van der Waals surface area contributed by atoms with Crippen LogP contribution in [0.3, 0.4) is 0 Å². The van der Waals surface area contributed by atoms with Crippen LogP contribution < -0.4 is 10.6 Å². The molecule has 5 nitrogen and oxygen atoms in total. The number of anilines is 2. The minimum atomic E-state index is -1.04. The maximum atomic E-state index is 13.1. The first-order chi connectivity index (χ1) is 12.8. The first kappa shape index (κ1) is 21.1. The highest BCUT2D eigenvalue weighted by atomic mass is 35.5. The largest absolute Gasteiger partial charge is 0.326 e. The van der Waals surface area contributed by atoms with Crippen LogP contribution in [0.4, 0.5) is 20.2 Å². The van der Waals surface area contributed by atoms with Gasteiger partial charge in [-0.3, -0.25) is 14.5 Å². The number of rotatable bonds is 7. The number of carbonyl (C=O) groups excluding carboxylic acids is 2. The van der Waals surface area contributed by atoms with Gasteiger partial charge in [0.05, 0.1) is 22.3 Å². The number of likely N-dealkylation sites (N-methyl/N-ethyl adjacent to an activating group) is 1. The molecule has 27 heavy (non-hydrogen) atoms. The van der Waals surface area contributed by atoms with Gasteiger partial charge in [-0.2, -0.15) is 0 Å². The molecule has 2 rings (SSSR count). The molecule has 144 valence electrons. The van der Waals surface area contributed by atoms with Crippen LogP contribution in [0.25, 0.3) is 0 Å². The van der Waals surface area contributed by atoms with E-state index in [-0.39, 0.29) is 37.0 Å². The van der Waals surface area contributed by atoms with Crippen LogP contribution in [-0.4, -0.2) is 36.9 Å². The molecule has 0 aliphatic heterocycles. The summed E-state index contributed by atoms with van der Waals surface area (Å²) >= 11 is 12.0. The van der Waals surface area contributed by atoms with E-state index < -0.39 is 11.6 Å². The fourth-order valence-corrected chi connectivity index (χ4v) is 2.70. The number of carbonyl (C=O) groups is 2. The molecule has 0 aromatic heterocycles. The highest BCUT2D eigenvalue weighted by Crippen LogP contribution is 2.29. The van der Waals surface area contributed by atoms with E-state index in [2.05, 4.69) is 10.6 Å². The van der Waals surface area contributed by atoms with Gasteiger partial charge in [0, 0.05) is 24.7 Å². The zero-order valence-corrected chi connectivity index (χ0v) is 15.9. The normalized spacial score (nSPS) is 10.7. The molecule has 0 aliphatic carbocycles. The second-order valence-corrected chi connectivity index (χ2v) is 6.62. The predicted molar refractivity (Wildman–Crippen MR) is 102 cm³/mol. The van der Waals surface area contributed by atoms with Crippen LogP contribution in [0.15, 0.2) is 36.4 Å². The van der Waals surface area contributed by atoms with Gasteiger partial charge < -0.3 is 10.6 Å². The molecular weight excluding hydrogens is 399 g/mol. The van der Waals surface area contributed by atoms with Crippen LogP contribution >= 0.6 is 23.2 Å². The molecule has 0 saturated carbocycles. The Morgan fingerprint density at radius 1 is 1.00 bits per heavy atom. The number of hydrogen-bond donors (Lipinski definition) is 2. The lowest BCUT2D eigenvalue weighted by Gasteiger charge is -2.17. The first-order valence-electron chi connectivity index (χ1n) is 7.93. The third-order valence-electron chi connectivity index (χ3n) is 3.56. The lowest BCUT2D eigenvalue weighted by Crippen LogP contribution is -2.32. The number of para-hydroxylation sites is 1. The fourth-order valence-electron chi connectivity index (χ4n) is 2.21. The van der Waals surface area contributed by atoms with E-state index in [1.165, 1.54) is 6.07 Å². The van der Waals surface area contributed by atoms with Crippen molar-refractivity contribution < 1.29 is 18.4 Å². The van der Waals surface area contributed by atoms with Crippen molar-refractivity contribution in [2.45, 2.75) is 6.42 Å². The van der Waals surface area contributed by atoms with E-state index in [0.29, 0.717) is 15.7 Å². The zero-order chi connectivity index (χ0) is 20.0. The molecule has 0 radical (unpaired) electrons. The summed E-state index contributed by atoms with van der Waals surface area (Å²) in [6, 6.07) is 7.97. The minimum absolute atomic E-state index is 0.0139. The number of benzene rings is 2. The van der Waals surface area contributed by atoms with Gasteiger partial charge in [0.15, 0.2) is 11.6 Å². The molecule has 0 saturated heterocycles. The van der Waals surface area contributed by atoms with Gasteiger partial charge in [0.25, 0.3) is 0 Å². The van der Waals surface area contributed by atoms with Crippen molar-refractivity contribution in [3.05, 3.63) is 58.1 Å². The van der Waals surface area contributed by atoms with E-state index in [1.54, 1.807) is 30.1 Å². The number of nitrogens with zero attached hydrogens (tertiary/aromatic N) is 1. The van der Waals surface area contributed by atoms with E-state index in [4.69, 9.17) is 23.2 Å². The Hall–Kier alpha value is -2.22. The summed E-state index contributed by atoms with van der Waals surface area (Å²) in [5.74, 6) is -2.76. The Kier molecular flexibility index (Phi) is 7.53. The molecule has 2 aromatic carbocycles. The highest BCUT2D eigenvalue weighted by molar-refractivity contribution is 6.39. The predicted octanol–water partition coefficient (Wildman–Crippen LogP) is 4.17. The lowest BCUT2D eigenvalue weighted by atomic mass is 10.2. The zero-order valence-electron chi connectivity index (χ0n) is 14.4. The molecule has 0 spiro atoms. The van der Waals surface area contributed by atoms with Crippen molar-refractivity contribution in [2.24, 2.45) is 0 Å². The fraction of sp³-hybridized carbons (Fsp3) is 0.222. The Labute approximate surface area is 165 Å². The summed E-state index contributed by atoms with van der Waals surface area (Å²) in [5, 5.41) is 5.74. The van der Waals surface area contributed by atoms with Crippen LogP contribution in [0.5, 0.6) is 0 Å². The molecule has 2 N–H and O–H groups in total. The molecule has 0 atom stereocenters. The minimum Gasteiger partial charge on any atom is -0.326 e. The summed E-state index contributed by atoms with van der Waals surface area (Å²) in [6.45, 7) is 0.291. The summed E-state index contributed by atoms with van der Waals surface area (Å²) in [5.41, 5.74) is 0.489. The third-order valence-corrected chi connectivity index (χ3v) is 4.19. The van der Waals surface area contributed by atoms with E-state index in [0.717, 1.165) is 12.1 Å². The summed E-state index contributed by atoms with van der Waals surface area (Å²) in [7, 11) is 1.67. The molecule has 0 bridgehead atoms. The standard InChI is InChI=1S/C18H17Cl2F2N3O2/c1-25(10-17(27)24-18-12(19)3-2-4-13(18)20)8-7-16(26)23-11-5-6-14(21)15(22)9-11/h2-6,9H,7-8,10H2,1H3,(H,23,26)(H,24,27). The number of amides is 2.